The molecular formula is C18H17ClN2O3. The summed E-state index contributed by atoms with van der Waals surface area (Å²) >= 11 is 6.05. The first-order valence-corrected chi connectivity index (χ1v) is 8.00. The summed E-state index contributed by atoms with van der Waals surface area (Å²) < 4.78 is 5.60. The van der Waals surface area contributed by atoms with Crippen LogP contribution in [0.2, 0.25) is 5.02 Å². The van der Waals surface area contributed by atoms with Gasteiger partial charge in [-0.05, 0) is 44.2 Å². The largest absolute Gasteiger partial charge is 0.479 e. The Bertz CT molecular complexity index is 779. The molecule has 6 heteroatoms. The molecule has 0 saturated carbocycles. The number of ether oxygens (including phenoxy) is 1. The molecule has 0 saturated heterocycles. The molecule has 2 atom stereocenters. The molecule has 1 N–H and O–H groups in total. The predicted octanol–water partition coefficient (Wildman–Crippen LogP) is 3.48. The maximum absolute atomic E-state index is 12.6. The molecule has 1 aliphatic rings. The maximum Gasteiger partial charge on any atom is 0.268 e. The molecule has 0 fully saturated rings. The topological polar surface area (TPSA) is 58.6 Å². The summed E-state index contributed by atoms with van der Waals surface area (Å²) in [5.41, 5.74) is 1.18. The van der Waals surface area contributed by atoms with Crippen molar-refractivity contribution in [3.8, 4) is 5.75 Å². The zero-order valence-corrected chi connectivity index (χ0v) is 14.1. The number of hydrogen-bond acceptors (Lipinski definition) is 3. The number of rotatable bonds is 3. The van der Waals surface area contributed by atoms with Crippen molar-refractivity contribution in [3.63, 3.8) is 0 Å². The molecule has 0 spiro atoms. The standard InChI is InChI=1S/C18H17ClN2O3/c1-11(17(22)20-14-6-4-3-5-7-14)21-15-10-13(19)8-9-16(15)24-12(2)18(21)23/h3-12H,1-2H3,(H,20,22). The number of halogens is 1. The highest BCUT2D eigenvalue weighted by atomic mass is 35.5. The van der Waals surface area contributed by atoms with Crippen LogP contribution in [0.15, 0.2) is 48.5 Å². The molecule has 1 heterocycles. The Labute approximate surface area is 145 Å². The molecule has 0 aromatic heterocycles. The van der Waals surface area contributed by atoms with Crippen LogP contribution in [-0.2, 0) is 9.59 Å². The molecule has 3 rings (SSSR count). The first-order valence-electron chi connectivity index (χ1n) is 7.62. The second kappa shape index (κ2) is 6.53. The molecular weight excluding hydrogens is 328 g/mol. The Hall–Kier alpha value is -2.53. The third-order valence-electron chi connectivity index (χ3n) is 3.88. The van der Waals surface area contributed by atoms with Gasteiger partial charge in [-0.1, -0.05) is 29.8 Å². The lowest BCUT2D eigenvalue weighted by atomic mass is 10.1. The molecule has 124 valence electrons. The van der Waals surface area contributed by atoms with Gasteiger partial charge in [-0.3, -0.25) is 14.5 Å². The minimum absolute atomic E-state index is 0.277. The van der Waals surface area contributed by atoms with Gasteiger partial charge in [0.25, 0.3) is 5.91 Å². The van der Waals surface area contributed by atoms with Crippen LogP contribution in [0.3, 0.4) is 0 Å². The van der Waals surface area contributed by atoms with Crippen molar-refractivity contribution in [1.82, 2.24) is 0 Å². The zero-order valence-electron chi connectivity index (χ0n) is 13.3. The van der Waals surface area contributed by atoms with Crippen molar-refractivity contribution >= 4 is 34.8 Å². The van der Waals surface area contributed by atoms with Gasteiger partial charge in [0.1, 0.15) is 11.8 Å². The summed E-state index contributed by atoms with van der Waals surface area (Å²) in [6, 6.07) is 13.4. The number of anilines is 2. The van der Waals surface area contributed by atoms with Crippen molar-refractivity contribution in [1.29, 1.82) is 0 Å². The van der Waals surface area contributed by atoms with E-state index in [2.05, 4.69) is 5.32 Å². The predicted molar refractivity (Wildman–Crippen MR) is 93.6 cm³/mol. The van der Waals surface area contributed by atoms with Crippen molar-refractivity contribution < 1.29 is 14.3 Å². The fourth-order valence-electron chi connectivity index (χ4n) is 2.62. The summed E-state index contributed by atoms with van der Waals surface area (Å²) in [6.07, 6.45) is -0.661. The number of carbonyl (C=O) groups excluding carboxylic acids is 2. The molecule has 0 bridgehead atoms. The number of nitrogens with one attached hydrogen (secondary N) is 1. The second-order valence-corrected chi connectivity index (χ2v) is 6.05. The van der Waals surface area contributed by atoms with E-state index >= 15 is 0 Å². The summed E-state index contributed by atoms with van der Waals surface area (Å²) in [4.78, 5) is 26.6. The summed E-state index contributed by atoms with van der Waals surface area (Å²) in [5, 5.41) is 3.29. The smallest absolute Gasteiger partial charge is 0.268 e. The monoisotopic (exact) mass is 344 g/mol. The average Bonchev–Trinajstić information content (AvgIpc) is 2.57. The van der Waals surface area contributed by atoms with Crippen molar-refractivity contribution in [2.75, 3.05) is 10.2 Å². The lowest BCUT2D eigenvalue weighted by molar-refractivity contribution is -0.128. The lowest BCUT2D eigenvalue weighted by Crippen LogP contribution is -2.52. The van der Waals surface area contributed by atoms with Crippen molar-refractivity contribution in [2.45, 2.75) is 26.0 Å². The van der Waals surface area contributed by atoms with Crippen LogP contribution in [0.4, 0.5) is 11.4 Å². The fourth-order valence-corrected chi connectivity index (χ4v) is 2.79. The van der Waals surface area contributed by atoms with Crippen molar-refractivity contribution in [3.05, 3.63) is 53.6 Å². The van der Waals surface area contributed by atoms with E-state index < -0.39 is 12.1 Å². The Morgan fingerprint density at radius 1 is 1.25 bits per heavy atom. The highest BCUT2D eigenvalue weighted by Gasteiger charge is 2.37. The summed E-state index contributed by atoms with van der Waals surface area (Å²) in [5.74, 6) is -0.0269. The first kappa shape index (κ1) is 16.3. The van der Waals surface area contributed by atoms with E-state index in [1.54, 1.807) is 44.2 Å². The Kier molecular flexibility index (Phi) is 4.44. The number of benzene rings is 2. The molecule has 2 aromatic rings. The molecule has 0 aliphatic carbocycles. The van der Waals surface area contributed by atoms with E-state index in [0.29, 0.717) is 22.1 Å². The number of para-hydroxylation sites is 1. The first-order chi connectivity index (χ1) is 11.5. The minimum atomic E-state index is -0.707. The SMILES string of the molecule is CC1Oc2ccc(Cl)cc2N(C(C)C(=O)Nc2ccccc2)C1=O. The molecule has 24 heavy (non-hydrogen) atoms. The normalized spacial score (nSPS) is 17.7. The average molecular weight is 345 g/mol. The summed E-state index contributed by atoms with van der Waals surface area (Å²) in [7, 11) is 0. The number of carbonyl (C=O) groups is 2. The third-order valence-corrected chi connectivity index (χ3v) is 4.11. The van der Waals surface area contributed by atoms with Gasteiger partial charge in [0.05, 0.1) is 5.69 Å². The Balaban J connectivity index is 1.90. The molecule has 2 aromatic carbocycles. The molecule has 2 amide bonds. The van der Waals surface area contributed by atoms with Crippen LogP contribution >= 0.6 is 11.6 Å². The van der Waals surface area contributed by atoms with Gasteiger partial charge in [-0.2, -0.15) is 0 Å². The van der Waals surface area contributed by atoms with E-state index in [1.807, 2.05) is 18.2 Å². The van der Waals surface area contributed by atoms with E-state index in [1.165, 1.54) is 4.90 Å². The third kappa shape index (κ3) is 3.08. The Morgan fingerprint density at radius 2 is 1.96 bits per heavy atom. The van der Waals surface area contributed by atoms with E-state index in [9.17, 15) is 9.59 Å². The Morgan fingerprint density at radius 3 is 2.67 bits per heavy atom. The lowest BCUT2D eigenvalue weighted by Gasteiger charge is -2.36. The van der Waals surface area contributed by atoms with E-state index in [0.717, 1.165) is 0 Å². The number of amides is 2. The van der Waals surface area contributed by atoms with Crippen LogP contribution in [0.5, 0.6) is 5.75 Å². The molecule has 1 aliphatic heterocycles. The van der Waals surface area contributed by atoms with Gasteiger partial charge in [-0.25, -0.2) is 0 Å². The van der Waals surface area contributed by atoms with Gasteiger partial charge in [0.2, 0.25) is 5.91 Å². The highest BCUT2D eigenvalue weighted by Crippen LogP contribution is 2.37. The number of nitrogens with zero attached hydrogens (tertiary/aromatic N) is 1. The van der Waals surface area contributed by atoms with Gasteiger partial charge in [0, 0.05) is 10.7 Å². The molecule has 2 unspecified atom stereocenters. The van der Waals surface area contributed by atoms with Crippen LogP contribution in [0, 0.1) is 0 Å². The van der Waals surface area contributed by atoms with Gasteiger partial charge >= 0.3 is 0 Å². The van der Waals surface area contributed by atoms with Gasteiger partial charge in [0.15, 0.2) is 6.10 Å². The van der Waals surface area contributed by atoms with Crippen LogP contribution in [0.1, 0.15) is 13.8 Å². The maximum atomic E-state index is 12.6. The fraction of sp³-hybridized carbons (Fsp3) is 0.222. The van der Waals surface area contributed by atoms with Crippen molar-refractivity contribution in [2.24, 2.45) is 0 Å². The van der Waals surface area contributed by atoms with Gasteiger partial charge < -0.3 is 10.1 Å². The van der Waals surface area contributed by atoms with E-state index in [-0.39, 0.29) is 11.8 Å². The van der Waals surface area contributed by atoms with E-state index in [4.69, 9.17) is 16.3 Å². The second-order valence-electron chi connectivity index (χ2n) is 5.61. The van der Waals surface area contributed by atoms with Crippen LogP contribution in [-0.4, -0.2) is 24.0 Å². The van der Waals surface area contributed by atoms with Crippen LogP contribution in [0.25, 0.3) is 0 Å². The van der Waals surface area contributed by atoms with Crippen LogP contribution < -0.4 is 15.0 Å². The molecule has 5 nitrogen and oxygen atoms in total. The number of fused-ring (bicyclic) bond motifs is 1. The number of hydrogen-bond donors (Lipinski definition) is 1. The minimum Gasteiger partial charge on any atom is -0.479 e. The highest BCUT2D eigenvalue weighted by molar-refractivity contribution is 6.31. The zero-order chi connectivity index (χ0) is 17.3. The quantitative estimate of drug-likeness (QED) is 0.927. The molecule has 0 radical (unpaired) electrons. The summed E-state index contributed by atoms with van der Waals surface area (Å²) in [6.45, 7) is 3.34. The van der Waals surface area contributed by atoms with Gasteiger partial charge in [-0.15, -0.1) is 0 Å².